The Labute approximate surface area is 104 Å². The van der Waals surface area contributed by atoms with Crippen molar-refractivity contribution in [2.75, 3.05) is 26.7 Å². The molecule has 0 aliphatic carbocycles. The Bertz CT molecular complexity index is 317. The SMILES string of the molecule is CNCC1CCN(C(C)c2cccnc2)CC1. The maximum absolute atomic E-state index is 4.21. The third-order valence-electron chi connectivity index (χ3n) is 3.86. The third-order valence-corrected chi connectivity index (χ3v) is 3.86. The molecule has 1 fully saturated rings. The monoisotopic (exact) mass is 233 g/mol. The van der Waals surface area contributed by atoms with Crippen LogP contribution in [0.3, 0.4) is 0 Å². The van der Waals surface area contributed by atoms with E-state index in [-0.39, 0.29) is 0 Å². The van der Waals surface area contributed by atoms with Gasteiger partial charge in [-0.3, -0.25) is 9.88 Å². The molecule has 0 amide bonds. The van der Waals surface area contributed by atoms with Crippen molar-refractivity contribution in [3.05, 3.63) is 30.1 Å². The van der Waals surface area contributed by atoms with Crippen LogP contribution in [-0.4, -0.2) is 36.6 Å². The zero-order chi connectivity index (χ0) is 12.1. The largest absolute Gasteiger partial charge is 0.319 e. The maximum Gasteiger partial charge on any atom is 0.0335 e. The molecule has 1 saturated heterocycles. The third kappa shape index (κ3) is 3.27. The number of nitrogens with zero attached hydrogens (tertiary/aromatic N) is 2. The summed E-state index contributed by atoms with van der Waals surface area (Å²) in [5.74, 6) is 0.859. The van der Waals surface area contributed by atoms with Gasteiger partial charge in [-0.1, -0.05) is 6.07 Å². The number of aromatic nitrogens is 1. The van der Waals surface area contributed by atoms with Crippen molar-refractivity contribution in [1.82, 2.24) is 15.2 Å². The molecule has 1 aromatic heterocycles. The number of hydrogen-bond donors (Lipinski definition) is 1. The second kappa shape index (κ2) is 6.12. The summed E-state index contributed by atoms with van der Waals surface area (Å²) in [6, 6.07) is 4.70. The van der Waals surface area contributed by atoms with Gasteiger partial charge in [0.25, 0.3) is 0 Å². The molecule has 1 aliphatic rings. The quantitative estimate of drug-likeness (QED) is 0.863. The van der Waals surface area contributed by atoms with E-state index in [0.717, 1.165) is 12.5 Å². The first kappa shape index (κ1) is 12.5. The summed E-state index contributed by atoms with van der Waals surface area (Å²) in [5.41, 5.74) is 1.33. The number of nitrogens with one attached hydrogen (secondary N) is 1. The Hall–Kier alpha value is -0.930. The Kier molecular flexibility index (Phi) is 4.51. The molecule has 1 aliphatic heterocycles. The van der Waals surface area contributed by atoms with E-state index in [4.69, 9.17) is 0 Å². The van der Waals surface area contributed by atoms with Gasteiger partial charge in [0, 0.05) is 18.4 Å². The number of pyridine rings is 1. The van der Waals surface area contributed by atoms with E-state index < -0.39 is 0 Å². The highest BCUT2D eigenvalue weighted by molar-refractivity contribution is 5.13. The lowest BCUT2D eigenvalue weighted by molar-refractivity contribution is 0.141. The van der Waals surface area contributed by atoms with Crippen LogP contribution < -0.4 is 5.32 Å². The molecule has 2 heterocycles. The second-order valence-corrected chi connectivity index (χ2v) is 5.00. The van der Waals surface area contributed by atoms with Crippen molar-refractivity contribution in [2.45, 2.75) is 25.8 Å². The lowest BCUT2D eigenvalue weighted by atomic mass is 9.95. The highest BCUT2D eigenvalue weighted by Crippen LogP contribution is 2.25. The molecule has 1 unspecified atom stereocenters. The van der Waals surface area contributed by atoms with Crippen molar-refractivity contribution in [3.63, 3.8) is 0 Å². The zero-order valence-corrected chi connectivity index (χ0v) is 10.9. The molecule has 3 nitrogen and oxygen atoms in total. The van der Waals surface area contributed by atoms with Gasteiger partial charge in [0.05, 0.1) is 0 Å². The molecule has 1 N–H and O–H groups in total. The summed E-state index contributed by atoms with van der Waals surface area (Å²) < 4.78 is 0. The van der Waals surface area contributed by atoms with Gasteiger partial charge in [-0.15, -0.1) is 0 Å². The van der Waals surface area contributed by atoms with Crippen molar-refractivity contribution < 1.29 is 0 Å². The van der Waals surface area contributed by atoms with Crippen molar-refractivity contribution in [2.24, 2.45) is 5.92 Å². The van der Waals surface area contributed by atoms with Gasteiger partial charge in [-0.25, -0.2) is 0 Å². The first-order valence-electron chi connectivity index (χ1n) is 6.60. The smallest absolute Gasteiger partial charge is 0.0335 e. The lowest BCUT2D eigenvalue weighted by Gasteiger charge is -2.36. The second-order valence-electron chi connectivity index (χ2n) is 5.00. The molecule has 1 aromatic rings. The number of likely N-dealkylation sites (tertiary alicyclic amines) is 1. The molecule has 3 heteroatoms. The molecule has 2 rings (SSSR count). The van der Waals surface area contributed by atoms with Gasteiger partial charge < -0.3 is 5.32 Å². The predicted octanol–water partition coefficient (Wildman–Crippen LogP) is 2.07. The molecule has 0 spiro atoms. The summed E-state index contributed by atoms with van der Waals surface area (Å²) in [6.07, 6.45) is 6.45. The van der Waals surface area contributed by atoms with Gasteiger partial charge in [-0.2, -0.15) is 0 Å². The molecule has 0 bridgehead atoms. The first-order chi connectivity index (χ1) is 8.31. The van der Waals surface area contributed by atoms with Crippen molar-refractivity contribution >= 4 is 0 Å². The summed E-state index contributed by atoms with van der Waals surface area (Å²) in [5, 5.41) is 3.28. The van der Waals surface area contributed by atoms with Gasteiger partial charge in [-0.05, 0) is 64.0 Å². The molecular formula is C14H23N3. The molecule has 0 aromatic carbocycles. The van der Waals surface area contributed by atoms with Gasteiger partial charge in [0.1, 0.15) is 0 Å². The molecular weight excluding hydrogens is 210 g/mol. The average Bonchev–Trinajstić information content (AvgIpc) is 2.40. The highest BCUT2D eigenvalue weighted by Gasteiger charge is 2.22. The van der Waals surface area contributed by atoms with E-state index in [0.29, 0.717) is 6.04 Å². The van der Waals surface area contributed by atoms with Crippen molar-refractivity contribution in [1.29, 1.82) is 0 Å². The van der Waals surface area contributed by atoms with Crippen molar-refractivity contribution in [3.8, 4) is 0 Å². The normalized spacial score (nSPS) is 20.4. The molecule has 0 radical (unpaired) electrons. The Morgan fingerprint density at radius 1 is 1.47 bits per heavy atom. The van der Waals surface area contributed by atoms with E-state index in [1.807, 2.05) is 25.5 Å². The van der Waals surface area contributed by atoms with E-state index in [2.05, 4.69) is 28.2 Å². The molecule has 17 heavy (non-hydrogen) atoms. The Balaban J connectivity index is 1.88. The minimum atomic E-state index is 0.499. The summed E-state index contributed by atoms with van der Waals surface area (Å²) in [7, 11) is 2.05. The maximum atomic E-state index is 4.21. The fourth-order valence-corrected chi connectivity index (χ4v) is 2.67. The topological polar surface area (TPSA) is 28.2 Å². The fraction of sp³-hybridized carbons (Fsp3) is 0.643. The van der Waals surface area contributed by atoms with Crippen LogP contribution in [-0.2, 0) is 0 Å². The van der Waals surface area contributed by atoms with E-state index in [1.54, 1.807) is 0 Å². The summed E-state index contributed by atoms with van der Waals surface area (Å²) in [4.78, 5) is 6.78. The summed E-state index contributed by atoms with van der Waals surface area (Å²) >= 11 is 0. The van der Waals surface area contributed by atoms with Gasteiger partial charge in [0.15, 0.2) is 0 Å². The Morgan fingerprint density at radius 3 is 2.82 bits per heavy atom. The van der Waals surface area contributed by atoms with Crippen LogP contribution in [0.2, 0.25) is 0 Å². The van der Waals surface area contributed by atoms with E-state index in [1.165, 1.54) is 31.5 Å². The molecule has 94 valence electrons. The number of rotatable bonds is 4. The van der Waals surface area contributed by atoms with Crippen LogP contribution >= 0.6 is 0 Å². The van der Waals surface area contributed by atoms with Crippen LogP contribution in [0.25, 0.3) is 0 Å². The first-order valence-corrected chi connectivity index (χ1v) is 6.60. The number of hydrogen-bond acceptors (Lipinski definition) is 3. The van der Waals surface area contributed by atoms with Crippen LogP contribution in [0.4, 0.5) is 0 Å². The predicted molar refractivity (Wildman–Crippen MR) is 70.9 cm³/mol. The van der Waals surface area contributed by atoms with Crippen LogP contribution in [0.5, 0.6) is 0 Å². The zero-order valence-electron chi connectivity index (χ0n) is 10.9. The van der Waals surface area contributed by atoms with Crippen LogP contribution in [0.1, 0.15) is 31.4 Å². The standard InChI is InChI=1S/C14H23N3/c1-12(14-4-3-7-16-11-14)17-8-5-13(6-9-17)10-15-2/h3-4,7,11-13,15H,5-6,8-10H2,1-2H3. The highest BCUT2D eigenvalue weighted by atomic mass is 15.2. The minimum Gasteiger partial charge on any atom is -0.319 e. The van der Waals surface area contributed by atoms with Gasteiger partial charge in [0.2, 0.25) is 0 Å². The summed E-state index contributed by atoms with van der Waals surface area (Å²) in [6.45, 7) is 5.87. The number of piperidine rings is 1. The van der Waals surface area contributed by atoms with E-state index >= 15 is 0 Å². The van der Waals surface area contributed by atoms with Crippen LogP contribution in [0.15, 0.2) is 24.5 Å². The lowest BCUT2D eigenvalue weighted by Crippen LogP contribution is -2.38. The van der Waals surface area contributed by atoms with Gasteiger partial charge >= 0.3 is 0 Å². The average molecular weight is 233 g/mol. The Morgan fingerprint density at radius 2 is 2.24 bits per heavy atom. The fourth-order valence-electron chi connectivity index (χ4n) is 2.67. The molecule has 1 atom stereocenters. The molecule has 0 saturated carbocycles. The van der Waals surface area contributed by atoms with E-state index in [9.17, 15) is 0 Å². The van der Waals surface area contributed by atoms with Crippen LogP contribution in [0, 0.1) is 5.92 Å². The minimum absolute atomic E-state index is 0.499.